The third-order valence-corrected chi connectivity index (χ3v) is 4.17. The Morgan fingerprint density at radius 3 is 2.70 bits per heavy atom. The van der Waals surface area contributed by atoms with Gasteiger partial charge in [0.1, 0.15) is 5.82 Å². The van der Waals surface area contributed by atoms with Crippen LogP contribution in [0.5, 0.6) is 0 Å². The zero-order valence-corrected chi connectivity index (χ0v) is 13.5. The van der Waals surface area contributed by atoms with E-state index >= 15 is 0 Å². The zero-order valence-electron chi connectivity index (χ0n) is 12.0. The van der Waals surface area contributed by atoms with Crippen LogP contribution in [0.3, 0.4) is 0 Å². The first-order valence-corrected chi connectivity index (χ1v) is 7.46. The van der Waals surface area contributed by atoms with E-state index in [4.69, 9.17) is 5.73 Å². The van der Waals surface area contributed by atoms with E-state index < -0.39 is 0 Å². The Kier molecular flexibility index (Phi) is 4.60. The van der Waals surface area contributed by atoms with Crippen molar-refractivity contribution in [3.8, 4) is 0 Å². The van der Waals surface area contributed by atoms with Crippen LogP contribution in [-0.2, 0) is 6.54 Å². The summed E-state index contributed by atoms with van der Waals surface area (Å²) in [6.07, 6.45) is 0.884. The first kappa shape index (κ1) is 15.2. The highest BCUT2D eigenvalue weighted by Gasteiger charge is 2.16. The van der Waals surface area contributed by atoms with Crippen molar-refractivity contribution in [2.75, 3.05) is 0 Å². The van der Waals surface area contributed by atoms with E-state index in [1.807, 2.05) is 18.5 Å². The number of aromatic nitrogens is 2. The molecular formula is C15H19BrFN3. The molecule has 0 saturated heterocycles. The summed E-state index contributed by atoms with van der Waals surface area (Å²) < 4.78 is 15.7. The number of nitrogens with zero attached hydrogens (tertiary/aromatic N) is 2. The predicted molar refractivity (Wildman–Crippen MR) is 82.1 cm³/mol. The number of hydrogen-bond acceptors (Lipinski definition) is 2. The molecule has 0 bridgehead atoms. The third kappa shape index (κ3) is 2.94. The Bertz CT molecular complexity index is 622. The molecule has 1 heterocycles. The Hall–Kier alpha value is -1.20. The zero-order chi connectivity index (χ0) is 14.9. The summed E-state index contributed by atoms with van der Waals surface area (Å²) in [6.45, 7) is 6.69. The van der Waals surface area contributed by atoms with Crippen LogP contribution in [0.4, 0.5) is 4.39 Å². The van der Waals surface area contributed by atoms with Crippen LogP contribution in [0.25, 0.3) is 0 Å². The van der Waals surface area contributed by atoms with E-state index in [1.54, 1.807) is 12.1 Å². The van der Waals surface area contributed by atoms with Gasteiger partial charge >= 0.3 is 0 Å². The minimum atomic E-state index is -0.254. The van der Waals surface area contributed by atoms with Gasteiger partial charge in [-0.2, -0.15) is 5.10 Å². The summed E-state index contributed by atoms with van der Waals surface area (Å²) in [5.41, 5.74) is 10.3. The number of benzene rings is 1. The second-order valence-electron chi connectivity index (χ2n) is 5.01. The summed E-state index contributed by atoms with van der Waals surface area (Å²) in [5, 5.41) is 4.55. The lowest BCUT2D eigenvalue weighted by Crippen LogP contribution is -2.11. The Balaban J connectivity index is 2.32. The van der Waals surface area contributed by atoms with E-state index in [1.165, 1.54) is 6.07 Å². The fraction of sp³-hybridized carbons (Fsp3) is 0.400. The standard InChI is InChI=1S/C15H19BrFN3/c1-4-14(18)15-9(2)19-20(10(15)3)8-11-5-6-13(17)12(16)7-11/h5-7,14H,4,8,18H2,1-3H3. The first-order valence-electron chi connectivity index (χ1n) is 6.67. The van der Waals surface area contributed by atoms with E-state index in [0.29, 0.717) is 11.0 Å². The van der Waals surface area contributed by atoms with Crippen LogP contribution in [0, 0.1) is 19.7 Å². The highest BCUT2D eigenvalue weighted by molar-refractivity contribution is 9.10. The number of hydrogen-bond donors (Lipinski definition) is 1. The van der Waals surface area contributed by atoms with Crippen molar-refractivity contribution >= 4 is 15.9 Å². The average Bonchev–Trinajstić information content (AvgIpc) is 2.68. The number of rotatable bonds is 4. The van der Waals surface area contributed by atoms with Crippen molar-refractivity contribution in [1.82, 2.24) is 9.78 Å². The van der Waals surface area contributed by atoms with E-state index in [0.717, 1.165) is 28.9 Å². The third-order valence-electron chi connectivity index (χ3n) is 3.56. The first-order chi connectivity index (χ1) is 9.43. The molecule has 5 heteroatoms. The molecular weight excluding hydrogens is 321 g/mol. The lowest BCUT2D eigenvalue weighted by atomic mass is 10.0. The van der Waals surface area contributed by atoms with Crippen molar-refractivity contribution in [3.05, 3.63) is 51.0 Å². The minimum Gasteiger partial charge on any atom is -0.324 e. The Morgan fingerprint density at radius 2 is 2.10 bits per heavy atom. The summed E-state index contributed by atoms with van der Waals surface area (Å²) in [6, 6.07) is 5.04. The van der Waals surface area contributed by atoms with Crippen LogP contribution in [0.1, 0.15) is 41.9 Å². The minimum absolute atomic E-state index is 0.0173. The number of halogens is 2. The molecule has 1 aromatic carbocycles. The summed E-state index contributed by atoms with van der Waals surface area (Å²) in [7, 11) is 0. The van der Waals surface area contributed by atoms with E-state index in [2.05, 4.69) is 28.0 Å². The second-order valence-corrected chi connectivity index (χ2v) is 5.86. The maximum atomic E-state index is 13.3. The average molecular weight is 340 g/mol. The lowest BCUT2D eigenvalue weighted by molar-refractivity contribution is 0.615. The molecule has 2 aromatic rings. The van der Waals surface area contributed by atoms with Gasteiger partial charge in [-0.3, -0.25) is 4.68 Å². The van der Waals surface area contributed by atoms with Gasteiger partial charge in [0.05, 0.1) is 16.7 Å². The normalized spacial score (nSPS) is 12.7. The van der Waals surface area contributed by atoms with Gasteiger partial charge in [-0.15, -0.1) is 0 Å². The van der Waals surface area contributed by atoms with Crippen molar-refractivity contribution in [2.45, 2.75) is 39.8 Å². The summed E-state index contributed by atoms with van der Waals surface area (Å²) >= 11 is 3.21. The molecule has 0 aliphatic heterocycles. The fourth-order valence-electron chi connectivity index (χ4n) is 2.42. The summed E-state index contributed by atoms with van der Waals surface area (Å²) in [4.78, 5) is 0. The molecule has 0 radical (unpaired) electrons. The van der Waals surface area contributed by atoms with Gasteiger partial charge in [-0.1, -0.05) is 13.0 Å². The van der Waals surface area contributed by atoms with Crippen LogP contribution in [0.15, 0.2) is 22.7 Å². The van der Waals surface area contributed by atoms with Gasteiger partial charge in [0.2, 0.25) is 0 Å². The quantitative estimate of drug-likeness (QED) is 0.919. The smallest absolute Gasteiger partial charge is 0.137 e. The van der Waals surface area contributed by atoms with Gasteiger partial charge in [0.15, 0.2) is 0 Å². The largest absolute Gasteiger partial charge is 0.324 e. The van der Waals surface area contributed by atoms with Crippen LogP contribution in [0.2, 0.25) is 0 Å². The van der Waals surface area contributed by atoms with Crippen molar-refractivity contribution in [3.63, 3.8) is 0 Å². The van der Waals surface area contributed by atoms with Crippen molar-refractivity contribution in [2.24, 2.45) is 5.73 Å². The van der Waals surface area contributed by atoms with Gasteiger partial charge in [-0.05, 0) is 53.9 Å². The highest BCUT2D eigenvalue weighted by atomic mass is 79.9. The molecule has 1 unspecified atom stereocenters. The molecule has 2 N–H and O–H groups in total. The maximum Gasteiger partial charge on any atom is 0.137 e. The Labute approximate surface area is 127 Å². The van der Waals surface area contributed by atoms with Crippen molar-refractivity contribution in [1.29, 1.82) is 0 Å². The maximum absolute atomic E-state index is 13.3. The molecule has 0 amide bonds. The molecule has 108 valence electrons. The molecule has 0 saturated carbocycles. The number of aryl methyl sites for hydroxylation is 1. The van der Waals surface area contributed by atoms with Gasteiger partial charge in [0, 0.05) is 17.3 Å². The predicted octanol–water partition coefficient (Wildman–Crippen LogP) is 3.86. The second kappa shape index (κ2) is 6.06. The van der Waals surface area contributed by atoms with Crippen LogP contribution < -0.4 is 5.73 Å². The SMILES string of the molecule is CCC(N)c1c(C)nn(Cc2ccc(F)c(Br)c2)c1C. The molecule has 1 aromatic heterocycles. The molecule has 1 atom stereocenters. The topological polar surface area (TPSA) is 43.8 Å². The van der Waals surface area contributed by atoms with Gasteiger partial charge in [0.25, 0.3) is 0 Å². The fourth-order valence-corrected chi connectivity index (χ4v) is 2.84. The molecule has 0 spiro atoms. The monoisotopic (exact) mass is 339 g/mol. The van der Waals surface area contributed by atoms with E-state index in [9.17, 15) is 4.39 Å². The molecule has 0 fully saturated rings. The van der Waals surface area contributed by atoms with Gasteiger partial charge in [-0.25, -0.2) is 4.39 Å². The van der Waals surface area contributed by atoms with E-state index in [-0.39, 0.29) is 11.9 Å². The van der Waals surface area contributed by atoms with Gasteiger partial charge < -0.3 is 5.73 Å². The number of nitrogens with two attached hydrogens (primary N) is 1. The Morgan fingerprint density at radius 1 is 1.40 bits per heavy atom. The van der Waals surface area contributed by atoms with Crippen LogP contribution >= 0.6 is 15.9 Å². The molecule has 2 rings (SSSR count). The summed E-state index contributed by atoms with van der Waals surface area (Å²) in [5.74, 6) is -0.254. The highest BCUT2D eigenvalue weighted by Crippen LogP contribution is 2.23. The molecule has 0 aliphatic carbocycles. The molecule has 20 heavy (non-hydrogen) atoms. The lowest BCUT2D eigenvalue weighted by Gasteiger charge is -2.10. The molecule has 3 nitrogen and oxygen atoms in total. The van der Waals surface area contributed by atoms with Crippen molar-refractivity contribution < 1.29 is 4.39 Å². The van der Waals surface area contributed by atoms with Crippen LogP contribution in [-0.4, -0.2) is 9.78 Å². The molecule has 0 aliphatic rings.